The van der Waals surface area contributed by atoms with Crippen LogP contribution in [0.15, 0.2) is 18.2 Å². The Bertz CT molecular complexity index is 415. The molecule has 1 unspecified atom stereocenters. The second kappa shape index (κ2) is 6.62. The zero-order valence-electron chi connectivity index (χ0n) is 12.2. The van der Waals surface area contributed by atoms with Gasteiger partial charge in [0.15, 0.2) is 0 Å². The topological polar surface area (TPSA) is 15.3 Å². The Hall–Kier alpha value is -0.730. The summed E-state index contributed by atoms with van der Waals surface area (Å²) in [4.78, 5) is 2.45. The van der Waals surface area contributed by atoms with Gasteiger partial charge in [-0.15, -0.1) is 0 Å². The third kappa shape index (κ3) is 3.87. The molecule has 2 rings (SSSR count). The van der Waals surface area contributed by atoms with Gasteiger partial charge in [-0.3, -0.25) is 0 Å². The minimum Gasteiger partial charge on any atom is -0.370 e. The van der Waals surface area contributed by atoms with Crippen LogP contribution in [0.25, 0.3) is 0 Å². The van der Waals surface area contributed by atoms with Gasteiger partial charge in [-0.25, -0.2) is 0 Å². The van der Waals surface area contributed by atoms with Gasteiger partial charge in [0, 0.05) is 19.1 Å². The summed E-state index contributed by atoms with van der Waals surface area (Å²) in [5.74, 6) is 0.888. The molecule has 0 radical (unpaired) electrons. The van der Waals surface area contributed by atoms with E-state index in [-0.39, 0.29) is 0 Å². The van der Waals surface area contributed by atoms with E-state index in [0.29, 0.717) is 6.04 Å². The van der Waals surface area contributed by atoms with E-state index in [1.807, 2.05) is 7.05 Å². The minimum absolute atomic E-state index is 0.342. The largest absolute Gasteiger partial charge is 0.370 e. The van der Waals surface area contributed by atoms with Crippen molar-refractivity contribution in [3.63, 3.8) is 0 Å². The number of nitrogens with one attached hydrogen (secondary N) is 1. The number of hydrogen-bond acceptors (Lipinski definition) is 2. The predicted molar refractivity (Wildman–Crippen MR) is 84.2 cm³/mol. The Morgan fingerprint density at radius 3 is 2.68 bits per heavy atom. The van der Waals surface area contributed by atoms with E-state index in [2.05, 4.69) is 42.3 Å². The lowest BCUT2D eigenvalue weighted by Crippen LogP contribution is -2.27. The fourth-order valence-electron chi connectivity index (χ4n) is 2.41. The van der Waals surface area contributed by atoms with Crippen molar-refractivity contribution in [2.75, 3.05) is 25.0 Å². The van der Waals surface area contributed by atoms with Crippen LogP contribution in [0.2, 0.25) is 5.02 Å². The zero-order valence-corrected chi connectivity index (χ0v) is 13.0. The molecule has 2 nitrogen and oxygen atoms in total. The summed E-state index contributed by atoms with van der Waals surface area (Å²) >= 11 is 6.50. The van der Waals surface area contributed by atoms with Gasteiger partial charge in [0.1, 0.15) is 0 Å². The van der Waals surface area contributed by atoms with Crippen molar-refractivity contribution in [2.45, 2.75) is 39.2 Å². The van der Waals surface area contributed by atoms with E-state index in [4.69, 9.17) is 11.6 Å². The summed E-state index contributed by atoms with van der Waals surface area (Å²) in [5.41, 5.74) is 2.45. The molecule has 0 aliphatic heterocycles. The Balaban J connectivity index is 2.16. The first-order chi connectivity index (χ1) is 9.15. The molecular formula is C16H25ClN2. The lowest BCUT2D eigenvalue weighted by Gasteiger charge is -2.26. The van der Waals surface area contributed by atoms with Crippen LogP contribution < -0.4 is 10.2 Å². The van der Waals surface area contributed by atoms with Gasteiger partial charge >= 0.3 is 0 Å². The Labute approximate surface area is 122 Å². The first-order valence-electron chi connectivity index (χ1n) is 7.37. The summed E-state index contributed by atoms with van der Waals surface area (Å²) in [6.07, 6.45) is 3.93. The van der Waals surface area contributed by atoms with Crippen molar-refractivity contribution >= 4 is 17.3 Å². The van der Waals surface area contributed by atoms with Gasteiger partial charge in [-0.2, -0.15) is 0 Å². The van der Waals surface area contributed by atoms with Crippen LogP contribution in [0.3, 0.4) is 0 Å². The van der Waals surface area contributed by atoms with Crippen molar-refractivity contribution < 1.29 is 0 Å². The SMILES string of the molecule is CCCN(CC1CC1)c1ccc(C(C)NC)cc1Cl. The van der Waals surface area contributed by atoms with E-state index in [0.717, 1.165) is 30.5 Å². The molecule has 1 aromatic rings. The lowest BCUT2D eigenvalue weighted by atomic mass is 10.1. The lowest BCUT2D eigenvalue weighted by molar-refractivity contribution is 0.651. The molecule has 1 saturated carbocycles. The maximum atomic E-state index is 6.50. The summed E-state index contributed by atoms with van der Waals surface area (Å²) < 4.78 is 0. The molecule has 1 aliphatic rings. The standard InChI is InChI=1S/C16H25ClN2/c1-4-9-19(11-13-5-6-13)16-8-7-14(10-15(16)17)12(2)18-3/h7-8,10,12-13,18H,4-6,9,11H2,1-3H3. The van der Waals surface area contributed by atoms with Crippen molar-refractivity contribution in [2.24, 2.45) is 5.92 Å². The molecule has 1 atom stereocenters. The van der Waals surface area contributed by atoms with E-state index in [9.17, 15) is 0 Å². The molecule has 0 amide bonds. The Morgan fingerprint density at radius 2 is 2.16 bits per heavy atom. The molecule has 3 heteroatoms. The van der Waals surface area contributed by atoms with Gasteiger partial charge in [-0.1, -0.05) is 24.6 Å². The highest BCUT2D eigenvalue weighted by Gasteiger charge is 2.25. The number of nitrogens with zero attached hydrogens (tertiary/aromatic N) is 1. The third-order valence-electron chi connectivity index (χ3n) is 3.91. The van der Waals surface area contributed by atoms with Crippen molar-refractivity contribution in [1.29, 1.82) is 0 Å². The quantitative estimate of drug-likeness (QED) is 0.803. The second-order valence-corrected chi connectivity index (χ2v) is 6.02. The van der Waals surface area contributed by atoms with E-state index in [1.54, 1.807) is 0 Å². The van der Waals surface area contributed by atoms with Crippen molar-refractivity contribution in [3.8, 4) is 0 Å². The molecule has 0 bridgehead atoms. The first-order valence-corrected chi connectivity index (χ1v) is 7.75. The average Bonchev–Trinajstić information content (AvgIpc) is 3.21. The zero-order chi connectivity index (χ0) is 13.8. The molecule has 1 aliphatic carbocycles. The fraction of sp³-hybridized carbons (Fsp3) is 0.625. The van der Waals surface area contributed by atoms with Crippen LogP contribution in [0.4, 0.5) is 5.69 Å². The van der Waals surface area contributed by atoms with Crippen LogP contribution in [0.5, 0.6) is 0 Å². The van der Waals surface area contributed by atoms with Gasteiger partial charge in [0.05, 0.1) is 10.7 Å². The van der Waals surface area contributed by atoms with Gasteiger partial charge in [0.25, 0.3) is 0 Å². The second-order valence-electron chi connectivity index (χ2n) is 5.61. The van der Waals surface area contributed by atoms with Crippen LogP contribution in [-0.2, 0) is 0 Å². The van der Waals surface area contributed by atoms with Gasteiger partial charge in [-0.05, 0) is 56.8 Å². The van der Waals surface area contributed by atoms with E-state index in [1.165, 1.54) is 24.1 Å². The minimum atomic E-state index is 0.342. The monoisotopic (exact) mass is 280 g/mol. The molecule has 1 N–H and O–H groups in total. The van der Waals surface area contributed by atoms with E-state index >= 15 is 0 Å². The molecule has 0 spiro atoms. The molecular weight excluding hydrogens is 256 g/mol. The number of halogens is 1. The maximum Gasteiger partial charge on any atom is 0.0642 e. The normalized spacial score (nSPS) is 16.4. The van der Waals surface area contributed by atoms with Crippen molar-refractivity contribution in [3.05, 3.63) is 28.8 Å². The highest BCUT2D eigenvalue weighted by atomic mass is 35.5. The molecule has 0 saturated heterocycles. The number of rotatable bonds is 7. The maximum absolute atomic E-state index is 6.50. The average molecular weight is 281 g/mol. The Morgan fingerprint density at radius 1 is 1.42 bits per heavy atom. The summed E-state index contributed by atoms with van der Waals surface area (Å²) in [7, 11) is 1.98. The predicted octanol–water partition coefficient (Wildman–Crippen LogP) is 4.25. The number of anilines is 1. The van der Waals surface area contributed by atoms with Crippen LogP contribution in [0.1, 0.15) is 44.7 Å². The molecule has 0 heterocycles. The van der Waals surface area contributed by atoms with Crippen LogP contribution in [0, 0.1) is 5.92 Å². The van der Waals surface area contributed by atoms with E-state index < -0.39 is 0 Å². The Kier molecular flexibility index (Phi) is 5.12. The smallest absolute Gasteiger partial charge is 0.0642 e. The molecule has 0 aromatic heterocycles. The van der Waals surface area contributed by atoms with Gasteiger partial charge in [0.2, 0.25) is 0 Å². The molecule has 19 heavy (non-hydrogen) atoms. The van der Waals surface area contributed by atoms with Crippen LogP contribution in [-0.4, -0.2) is 20.1 Å². The van der Waals surface area contributed by atoms with Crippen LogP contribution >= 0.6 is 11.6 Å². The fourth-order valence-corrected chi connectivity index (χ4v) is 2.72. The molecule has 1 aromatic carbocycles. The highest BCUT2D eigenvalue weighted by molar-refractivity contribution is 6.33. The molecule has 1 fully saturated rings. The summed E-state index contributed by atoms with van der Waals surface area (Å²) in [5, 5.41) is 4.14. The summed E-state index contributed by atoms with van der Waals surface area (Å²) in [6.45, 7) is 6.64. The van der Waals surface area contributed by atoms with Gasteiger partial charge < -0.3 is 10.2 Å². The highest BCUT2D eigenvalue weighted by Crippen LogP contribution is 2.34. The number of benzene rings is 1. The third-order valence-corrected chi connectivity index (χ3v) is 4.22. The summed E-state index contributed by atoms with van der Waals surface area (Å²) in [6, 6.07) is 6.82. The van der Waals surface area contributed by atoms with Crippen molar-refractivity contribution in [1.82, 2.24) is 5.32 Å². The first kappa shape index (κ1) is 14.7. The number of hydrogen-bond donors (Lipinski definition) is 1. The molecule has 106 valence electrons.